The highest BCUT2D eigenvalue weighted by Crippen LogP contribution is 2.56. The molecule has 4 N–H and O–H groups in total. The number of aliphatic hydroxyl groups is 1. The molecule has 2 aliphatic carbocycles. The minimum absolute atomic E-state index is 0.0217. The van der Waals surface area contributed by atoms with Gasteiger partial charge in [-0.15, -0.1) is 0 Å². The van der Waals surface area contributed by atoms with Gasteiger partial charge in [0.1, 0.15) is 5.82 Å². The van der Waals surface area contributed by atoms with E-state index >= 15 is 0 Å². The van der Waals surface area contributed by atoms with E-state index in [0.717, 1.165) is 67.2 Å². The molecule has 1 spiro atoms. The summed E-state index contributed by atoms with van der Waals surface area (Å²) in [4.78, 5) is 25.3. The number of benzene rings is 2. The van der Waals surface area contributed by atoms with Gasteiger partial charge >= 0.3 is 0 Å². The van der Waals surface area contributed by atoms with Crippen LogP contribution in [0.15, 0.2) is 36.4 Å². The lowest BCUT2D eigenvalue weighted by Crippen LogP contribution is -2.29. The van der Waals surface area contributed by atoms with E-state index < -0.39 is 5.91 Å². The molecule has 1 aromatic heterocycles. The van der Waals surface area contributed by atoms with Crippen LogP contribution in [0.4, 0.5) is 10.1 Å². The highest BCUT2D eigenvalue weighted by molar-refractivity contribution is 6.06. The predicted molar refractivity (Wildman–Crippen MR) is 128 cm³/mol. The number of nitrogens with two attached hydrogens (primary N) is 1. The number of aromatic nitrogens is 1. The molecule has 0 bridgehead atoms. The maximum absolute atomic E-state index is 14.2. The van der Waals surface area contributed by atoms with Crippen molar-refractivity contribution in [3.05, 3.63) is 53.5 Å². The average molecular weight is 462 g/mol. The first-order chi connectivity index (χ1) is 16.3. The third-order valence-electron chi connectivity index (χ3n) is 7.93. The number of hydrogen-bond acceptors (Lipinski definition) is 4. The fraction of sp³-hybridized carbons (Fsp3) is 0.407. The average Bonchev–Trinajstić information content (AvgIpc) is 3.45. The van der Waals surface area contributed by atoms with Crippen LogP contribution in [0.1, 0.15) is 65.8 Å². The van der Waals surface area contributed by atoms with Gasteiger partial charge in [-0.2, -0.15) is 0 Å². The second-order valence-corrected chi connectivity index (χ2v) is 10.3. The molecular formula is C27H28FN3O3. The Labute approximate surface area is 196 Å². The van der Waals surface area contributed by atoms with Gasteiger partial charge in [0.25, 0.3) is 5.91 Å². The summed E-state index contributed by atoms with van der Waals surface area (Å²) in [5.41, 5.74) is 10.1. The zero-order valence-electron chi connectivity index (χ0n) is 18.9. The van der Waals surface area contributed by atoms with Crippen LogP contribution in [0.5, 0.6) is 0 Å². The number of halogens is 1. The Morgan fingerprint density at radius 3 is 2.56 bits per heavy atom. The molecule has 6 rings (SSSR count). The number of carbonyl (C=O) groups excluding carboxylic acids is 2. The SMILES string of the molecule is NC(=O)c1ccc(-c2c3n(c4cc(F)ccc24)C(=O)CC2(CC2)C3)cc1NC1CCC(O)CC1. The molecule has 7 heteroatoms. The number of fused-ring (bicyclic) bond motifs is 3. The van der Waals surface area contributed by atoms with Crippen molar-refractivity contribution >= 4 is 28.4 Å². The highest BCUT2D eigenvalue weighted by Gasteiger charge is 2.49. The largest absolute Gasteiger partial charge is 0.393 e. The fourth-order valence-corrected chi connectivity index (χ4v) is 5.91. The Bertz CT molecular complexity index is 1330. The second kappa shape index (κ2) is 7.67. The fourth-order valence-electron chi connectivity index (χ4n) is 5.91. The zero-order valence-corrected chi connectivity index (χ0v) is 18.9. The molecular weight excluding hydrogens is 433 g/mol. The van der Waals surface area contributed by atoms with Gasteiger partial charge in [-0.1, -0.05) is 6.07 Å². The van der Waals surface area contributed by atoms with Gasteiger partial charge in [0.05, 0.1) is 17.2 Å². The van der Waals surface area contributed by atoms with Crippen LogP contribution < -0.4 is 11.1 Å². The smallest absolute Gasteiger partial charge is 0.250 e. The zero-order chi connectivity index (χ0) is 23.6. The molecule has 0 radical (unpaired) electrons. The first-order valence-corrected chi connectivity index (χ1v) is 12.1. The second-order valence-electron chi connectivity index (χ2n) is 10.3. The van der Waals surface area contributed by atoms with Gasteiger partial charge in [-0.05, 0) is 86.3 Å². The van der Waals surface area contributed by atoms with E-state index in [4.69, 9.17) is 5.73 Å². The normalized spacial score (nSPS) is 23.2. The van der Waals surface area contributed by atoms with Crippen molar-refractivity contribution in [2.24, 2.45) is 11.1 Å². The predicted octanol–water partition coefficient (Wildman–Crippen LogP) is 4.63. The molecule has 1 aliphatic heterocycles. The van der Waals surface area contributed by atoms with Crippen molar-refractivity contribution in [1.29, 1.82) is 0 Å². The summed E-state index contributed by atoms with van der Waals surface area (Å²) < 4.78 is 15.9. The summed E-state index contributed by atoms with van der Waals surface area (Å²) >= 11 is 0. The topological polar surface area (TPSA) is 97.4 Å². The first kappa shape index (κ1) is 21.4. The Morgan fingerprint density at radius 2 is 1.85 bits per heavy atom. The lowest BCUT2D eigenvalue weighted by Gasteiger charge is -2.28. The van der Waals surface area contributed by atoms with Crippen molar-refractivity contribution in [1.82, 2.24) is 4.57 Å². The number of primary amides is 1. The number of amides is 1. The van der Waals surface area contributed by atoms with E-state index in [-0.39, 0.29) is 29.3 Å². The molecule has 2 aromatic carbocycles. The van der Waals surface area contributed by atoms with Crippen molar-refractivity contribution in [3.63, 3.8) is 0 Å². The van der Waals surface area contributed by atoms with Crippen LogP contribution in [-0.2, 0) is 6.42 Å². The Morgan fingerprint density at radius 1 is 1.09 bits per heavy atom. The van der Waals surface area contributed by atoms with E-state index in [1.54, 1.807) is 16.7 Å². The Kier molecular flexibility index (Phi) is 4.81. The van der Waals surface area contributed by atoms with E-state index in [1.165, 1.54) is 12.1 Å². The van der Waals surface area contributed by atoms with E-state index in [1.807, 2.05) is 12.1 Å². The number of anilines is 1. The number of nitrogens with one attached hydrogen (secondary N) is 1. The first-order valence-electron chi connectivity index (χ1n) is 12.1. The standard InChI is InChI=1S/C27H28FN3O3/c28-16-2-8-20-22(12-16)31-23(13-27(9-10-27)14-24(31)33)25(20)15-1-7-19(26(29)34)21(11-15)30-17-3-5-18(32)6-4-17/h1-2,7-8,11-12,17-18,30,32H,3-6,9-10,13-14H2,(H2,29,34). The highest BCUT2D eigenvalue weighted by atomic mass is 19.1. The summed E-state index contributed by atoms with van der Waals surface area (Å²) in [6.45, 7) is 0. The number of aliphatic hydroxyl groups excluding tert-OH is 1. The minimum Gasteiger partial charge on any atom is -0.393 e. The lowest BCUT2D eigenvalue weighted by atomic mass is 9.88. The molecule has 6 nitrogen and oxygen atoms in total. The minimum atomic E-state index is -0.511. The van der Waals surface area contributed by atoms with Crippen LogP contribution in [0, 0.1) is 11.2 Å². The molecule has 2 fully saturated rings. The number of hydrogen-bond donors (Lipinski definition) is 3. The van der Waals surface area contributed by atoms with Crippen molar-refractivity contribution < 1.29 is 19.1 Å². The van der Waals surface area contributed by atoms with Crippen LogP contribution in [0.2, 0.25) is 0 Å². The van der Waals surface area contributed by atoms with Gasteiger partial charge in [-0.25, -0.2) is 4.39 Å². The maximum Gasteiger partial charge on any atom is 0.250 e. The van der Waals surface area contributed by atoms with Crippen LogP contribution in [-0.4, -0.2) is 33.6 Å². The molecule has 3 aliphatic rings. The summed E-state index contributed by atoms with van der Waals surface area (Å²) in [5, 5.41) is 14.2. The van der Waals surface area contributed by atoms with Crippen LogP contribution in [0.3, 0.4) is 0 Å². The molecule has 2 saturated carbocycles. The van der Waals surface area contributed by atoms with E-state index in [9.17, 15) is 19.1 Å². The summed E-state index contributed by atoms with van der Waals surface area (Å²) in [7, 11) is 0. The third kappa shape index (κ3) is 3.50. The summed E-state index contributed by atoms with van der Waals surface area (Å²) in [6, 6.07) is 10.3. The molecule has 34 heavy (non-hydrogen) atoms. The van der Waals surface area contributed by atoms with Gasteiger partial charge in [0.15, 0.2) is 0 Å². The third-order valence-corrected chi connectivity index (χ3v) is 7.93. The molecule has 0 atom stereocenters. The van der Waals surface area contributed by atoms with Crippen molar-refractivity contribution in [3.8, 4) is 11.1 Å². The molecule has 176 valence electrons. The quantitative estimate of drug-likeness (QED) is 0.528. The molecule has 1 amide bonds. The number of carbonyl (C=O) groups is 2. The van der Waals surface area contributed by atoms with Crippen molar-refractivity contribution in [2.45, 2.75) is 63.5 Å². The molecule has 0 saturated heterocycles. The number of rotatable bonds is 4. The Hall–Kier alpha value is -3.19. The number of nitrogens with zero attached hydrogens (tertiary/aromatic N) is 1. The maximum atomic E-state index is 14.2. The van der Waals surface area contributed by atoms with Crippen molar-refractivity contribution in [2.75, 3.05) is 5.32 Å². The van der Waals surface area contributed by atoms with Gasteiger partial charge in [0.2, 0.25) is 5.91 Å². The van der Waals surface area contributed by atoms with Crippen LogP contribution >= 0.6 is 0 Å². The monoisotopic (exact) mass is 461 g/mol. The molecule has 3 aromatic rings. The van der Waals surface area contributed by atoms with Gasteiger partial charge in [0, 0.05) is 34.8 Å². The molecule has 2 heterocycles. The van der Waals surface area contributed by atoms with Crippen LogP contribution in [0.25, 0.3) is 22.0 Å². The van der Waals surface area contributed by atoms with Gasteiger partial charge < -0.3 is 16.2 Å². The lowest BCUT2D eigenvalue weighted by molar-refractivity contribution is 0.0851. The van der Waals surface area contributed by atoms with Gasteiger partial charge in [-0.3, -0.25) is 14.2 Å². The molecule has 0 unspecified atom stereocenters. The summed E-state index contributed by atoms with van der Waals surface area (Å²) in [6.07, 6.45) is 6.14. The Balaban J connectivity index is 1.50. The summed E-state index contributed by atoms with van der Waals surface area (Å²) in [5.74, 6) is -0.860. The van der Waals surface area contributed by atoms with E-state index in [2.05, 4.69) is 5.32 Å². The van der Waals surface area contributed by atoms with E-state index in [0.29, 0.717) is 23.2 Å².